The summed E-state index contributed by atoms with van der Waals surface area (Å²) < 4.78 is 29.5. The molecule has 2 aliphatic heterocycles. The van der Waals surface area contributed by atoms with Crippen molar-refractivity contribution < 1.29 is 13.2 Å². The van der Waals surface area contributed by atoms with Crippen LogP contribution < -0.4 is 16.2 Å². The van der Waals surface area contributed by atoms with Crippen molar-refractivity contribution in [3.05, 3.63) is 27.7 Å². The summed E-state index contributed by atoms with van der Waals surface area (Å²) in [6.07, 6.45) is 8.27. The number of carbonyl (C=O) groups is 1. The number of carbonyl (C=O) groups excluding carboxylic acids is 1. The van der Waals surface area contributed by atoms with Gasteiger partial charge in [-0.1, -0.05) is 12.8 Å². The van der Waals surface area contributed by atoms with E-state index in [1.807, 2.05) is 0 Å². The summed E-state index contributed by atoms with van der Waals surface area (Å²) in [6, 6.07) is 0.0797. The van der Waals surface area contributed by atoms with Gasteiger partial charge in [0.15, 0.2) is 5.78 Å². The van der Waals surface area contributed by atoms with E-state index in [4.69, 9.17) is 4.98 Å². The van der Waals surface area contributed by atoms with Gasteiger partial charge in [0, 0.05) is 36.8 Å². The molecule has 2 aromatic rings. The number of nitrogens with zero attached hydrogens (tertiary/aromatic N) is 4. The number of aromatic nitrogens is 3. The van der Waals surface area contributed by atoms with Crippen LogP contribution in [-0.4, -0.2) is 70.5 Å². The molecule has 1 saturated carbocycles. The summed E-state index contributed by atoms with van der Waals surface area (Å²) in [5, 5.41) is 7.04. The highest BCUT2D eigenvalue weighted by Gasteiger charge is 2.35. The molecule has 37 heavy (non-hydrogen) atoms. The molecular formula is C25H37ClN6O4S. The molecule has 5 rings (SSSR count). The fourth-order valence-corrected chi connectivity index (χ4v) is 8.03. The molecule has 0 spiro atoms. The quantitative estimate of drug-likeness (QED) is 0.524. The van der Waals surface area contributed by atoms with E-state index in [1.165, 1.54) is 6.92 Å². The first-order valence-electron chi connectivity index (χ1n) is 13.2. The van der Waals surface area contributed by atoms with E-state index in [2.05, 4.69) is 15.6 Å². The minimum atomic E-state index is -3.28. The Morgan fingerprint density at radius 2 is 1.73 bits per heavy atom. The van der Waals surface area contributed by atoms with Crippen LogP contribution in [-0.2, 0) is 10.0 Å². The number of sulfonamides is 1. The zero-order valence-corrected chi connectivity index (χ0v) is 23.2. The fourth-order valence-electron chi connectivity index (χ4n) is 6.06. The molecule has 12 heteroatoms. The minimum absolute atomic E-state index is 0. The van der Waals surface area contributed by atoms with E-state index in [0.29, 0.717) is 55.9 Å². The molecule has 204 valence electrons. The van der Waals surface area contributed by atoms with Gasteiger partial charge in [-0.3, -0.25) is 14.2 Å². The normalized spacial score (nSPS) is 20.7. The lowest BCUT2D eigenvalue weighted by Gasteiger charge is -2.35. The van der Waals surface area contributed by atoms with Gasteiger partial charge in [0.2, 0.25) is 16.0 Å². The van der Waals surface area contributed by atoms with Gasteiger partial charge in [-0.15, -0.1) is 12.4 Å². The molecule has 3 aliphatic rings. The summed E-state index contributed by atoms with van der Waals surface area (Å²) in [7, 11) is -3.28. The summed E-state index contributed by atoms with van der Waals surface area (Å²) >= 11 is 0. The van der Waals surface area contributed by atoms with Gasteiger partial charge in [0.1, 0.15) is 5.65 Å². The number of rotatable bonds is 6. The zero-order chi connectivity index (χ0) is 25.4. The van der Waals surface area contributed by atoms with Crippen LogP contribution in [0.25, 0.3) is 11.0 Å². The molecule has 4 heterocycles. The lowest BCUT2D eigenvalue weighted by molar-refractivity contribution is 0.101. The summed E-state index contributed by atoms with van der Waals surface area (Å²) in [4.78, 5) is 35.0. The van der Waals surface area contributed by atoms with Crippen LogP contribution in [0.5, 0.6) is 0 Å². The lowest BCUT2D eigenvalue weighted by atomic mass is 10.0. The topological polar surface area (TPSA) is 126 Å². The number of anilines is 1. The Hall–Kier alpha value is -2.08. The number of hydrogen-bond donors (Lipinski definition) is 2. The van der Waals surface area contributed by atoms with Crippen LogP contribution in [0, 0.1) is 6.92 Å². The van der Waals surface area contributed by atoms with Crippen LogP contribution in [0.1, 0.15) is 80.3 Å². The molecule has 10 nitrogen and oxygen atoms in total. The summed E-state index contributed by atoms with van der Waals surface area (Å²) in [5.41, 5.74) is 1.15. The lowest BCUT2D eigenvalue weighted by Crippen LogP contribution is -2.48. The third-order valence-electron chi connectivity index (χ3n) is 8.10. The fraction of sp³-hybridized carbons (Fsp3) is 0.680. The van der Waals surface area contributed by atoms with Gasteiger partial charge in [-0.05, 0) is 71.0 Å². The number of hydrogen-bond acceptors (Lipinski definition) is 8. The molecule has 2 aromatic heterocycles. The molecule has 3 fully saturated rings. The number of Topliss-reactive ketones (excluding diaryl/α,β-unsaturated/α-hetero) is 1. The summed E-state index contributed by atoms with van der Waals surface area (Å²) in [5.74, 6) is 0.197. The number of ketones is 1. The number of halogens is 1. The highest BCUT2D eigenvalue weighted by molar-refractivity contribution is 7.89. The van der Waals surface area contributed by atoms with E-state index in [0.717, 1.165) is 44.2 Å². The van der Waals surface area contributed by atoms with Crippen LogP contribution in [0.3, 0.4) is 0 Å². The van der Waals surface area contributed by atoms with Crippen LogP contribution in [0.4, 0.5) is 5.95 Å². The molecule has 0 radical (unpaired) electrons. The first kappa shape index (κ1) is 27.9. The molecule has 0 aromatic carbocycles. The Balaban J connectivity index is 0.00000320. The first-order valence-corrected chi connectivity index (χ1v) is 14.7. The number of fused-ring (bicyclic) bond motifs is 1. The highest BCUT2D eigenvalue weighted by atomic mass is 35.5. The Morgan fingerprint density at radius 1 is 1.08 bits per heavy atom. The van der Waals surface area contributed by atoms with Crippen molar-refractivity contribution in [1.29, 1.82) is 0 Å². The van der Waals surface area contributed by atoms with Crippen molar-refractivity contribution in [2.75, 3.05) is 31.5 Å². The van der Waals surface area contributed by atoms with Gasteiger partial charge in [-0.25, -0.2) is 17.7 Å². The molecule has 0 unspecified atom stereocenters. The Morgan fingerprint density at radius 3 is 2.35 bits per heavy atom. The Kier molecular flexibility index (Phi) is 8.57. The average molecular weight is 553 g/mol. The molecule has 2 N–H and O–H groups in total. The minimum Gasteiger partial charge on any atom is -0.351 e. The van der Waals surface area contributed by atoms with Crippen molar-refractivity contribution in [2.24, 2.45) is 0 Å². The first-order chi connectivity index (χ1) is 17.3. The van der Waals surface area contributed by atoms with Crippen LogP contribution in [0.2, 0.25) is 0 Å². The van der Waals surface area contributed by atoms with Gasteiger partial charge >= 0.3 is 0 Å². The predicted molar refractivity (Wildman–Crippen MR) is 146 cm³/mol. The second-order valence-electron chi connectivity index (χ2n) is 10.4. The maximum atomic E-state index is 13.4. The van der Waals surface area contributed by atoms with E-state index < -0.39 is 10.0 Å². The average Bonchev–Trinajstić information content (AvgIpc) is 3.39. The molecule has 1 aliphatic carbocycles. The summed E-state index contributed by atoms with van der Waals surface area (Å²) in [6.45, 7) is 5.68. The monoisotopic (exact) mass is 552 g/mol. The standard InChI is InChI=1S/C25H36N6O4S.ClH/c1-16-21-15-27-25(29-23(21)31(19-5-3-4-6-19)24(33)22(16)17(2)32)28-18-9-13-30(14-10-18)36(34,35)20-7-11-26-12-8-20;/h15,18-20,26H,3-14H2,1-2H3,(H,27,28,29);1H. The van der Waals surface area contributed by atoms with Crippen LogP contribution in [0.15, 0.2) is 11.0 Å². The van der Waals surface area contributed by atoms with Crippen molar-refractivity contribution in [3.8, 4) is 0 Å². The predicted octanol–water partition coefficient (Wildman–Crippen LogP) is 2.80. The largest absolute Gasteiger partial charge is 0.351 e. The maximum Gasteiger partial charge on any atom is 0.263 e. The smallest absolute Gasteiger partial charge is 0.263 e. The third-order valence-corrected chi connectivity index (χ3v) is 10.5. The zero-order valence-electron chi connectivity index (χ0n) is 21.5. The second kappa shape index (κ2) is 11.3. The molecule has 0 bridgehead atoms. The van der Waals surface area contributed by atoms with Crippen molar-refractivity contribution in [3.63, 3.8) is 0 Å². The second-order valence-corrected chi connectivity index (χ2v) is 12.6. The van der Waals surface area contributed by atoms with Crippen molar-refractivity contribution >= 4 is 45.2 Å². The van der Waals surface area contributed by atoms with E-state index in [1.54, 1.807) is 22.0 Å². The van der Waals surface area contributed by atoms with E-state index in [-0.39, 0.29) is 46.6 Å². The SMILES string of the molecule is CC(=O)c1c(C)c2cnc(NC3CCN(S(=O)(=O)C4CCNCC4)CC3)nc2n(C2CCCC2)c1=O.Cl. The van der Waals surface area contributed by atoms with Crippen molar-refractivity contribution in [2.45, 2.75) is 82.5 Å². The number of piperidine rings is 2. The molecule has 2 saturated heterocycles. The molecule has 0 amide bonds. The number of nitrogens with one attached hydrogen (secondary N) is 2. The van der Waals surface area contributed by atoms with Gasteiger partial charge in [0.25, 0.3) is 5.56 Å². The van der Waals surface area contributed by atoms with Crippen molar-refractivity contribution in [1.82, 2.24) is 24.2 Å². The van der Waals surface area contributed by atoms with Crippen LogP contribution >= 0.6 is 12.4 Å². The maximum absolute atomic E-state index is 13.4. The third kappa shape index (κ3) is 5.41. The van der Waals surface area contributed by atoms with Gasteiger partial charge in [0.05, 0.1) is 10.8 Å². The molecule has 0 atom stereocenters. The van der Waals surface area contributed by atoms with E-state index in [9.17, 15) is 18.0 Å². The number of aryl methyl sites for hydroxylation is 1. The van der Waals surface area contributed by atoms with E-state index >= 15 is 0 Å². The highest BCUT2D eigenvalue weighted by Crippen LogP contribution is 2.32. The molecular weight excluding hydrogens is 516 g/mol. The Labute approximate surface area is 224 Å². The van der Waals surface area contributed by atoms with Gasteiger partial charge < -0.3 is 10.6 Å². The van der Waals surface area contributed by atoms with Gasteiger partial charge in [-0.2, -0.15) is 4.98 Å². The Bertz CT molecular complexity index is 1310. The number of pyridine rings is 1.